The summed E-state index contributed by atoms with van der Waals surface area (Å²) >= 11 is 2.74. The van der Waals surface area contributed by atoms with Crippen LogP contribution < -0.4 is 32.8 Å². The third-order valence-corrected chi connectivity index (χ3v) is 8.81. The summed E-state index contributed by atoms with van der Waals surface area (Å²) in [7, 11) is 0. The monoisotopic (exact) mass is 818 g/mol. The second kappa shape index (κ2) is 19.0. The molecule has 0 fully saturated rings. The molecular formula is C40H43FN6O8S2. The minimum Gasteiger partial charge on any atom is -0.444 e. The highest BCUT2D eigenvalue weighted by molar-refractivity contribution is 7.08. The molecule has 300 valence electrons. The second-order valence-corrected chi connectivity index (χ2v) is 15.9. The molecule has 0 aliphatic carbocycles. The van der Waals surface area contributed by atoms with Gasteiger partial charge in [0.2, 0.25) is 0 Å². The van der Waals surface area contributed by atoms with Crippen LogP contribution in [0.15, 0.2) is 104 Å². The zero-order valence-corrected chi connectivity index (χ0v) is 33.6. The maximum absolute atomic E-state index is 12.9. The molecule has 4 aromatic heterocycles. The van der Waals surface area contributed by atoms with Gasteiger partial charge in [-0.05, 0) is 146 Å². The number of thiophene rings is 2. The van der Waals surface area contributed by atoms with Crippen molar-refractivity contribution in [3.63, 3.8) is 0 Å². The number of nitrogens with one attached hydrogen (secondary N) is 5. The smallest absolute Gasteiger partial charge is 0.408 e. The molecule has 17 heteroatoms. The molecule has 0 bridgehead atoms. The van der Waals surface area contributed by atoms with Gasteiger partial charge in [0.1, 0.15) is 23.3 Å². The number of nitrogen functional groups attached to an aromatic ring is 1. The van der Waals surface area contributed by atoms with Crippen LogP contribution in [-0.4, -0.2) is 45.3 Å². The van der Waals surface area contributed by atoms with Gasteiger partial charge in [0.05, 0.1) is 0 Å². The number of hydrogen-bond acceptors (Lipinski definition) is 11. The summed E-state index contributed by atoms with van der Waals surface area (Å²) in [5, 5.41) is 17.3. The van der Waals surface area contributed by atoms with Crippen LogP contribution in [0, 0.1) is 0 Å². The van der Waals surface area contributed by atoms with Gasteiger partial charge in [-0.15, -0.1) is 0 Å². The van der Waals surface area contributed by atoms with Crippen molar-refractivity contribution in [1.29, 1.82) is 0 Å². The zero-order valence-electron chi connectivity index (χ0n) is 31.9. The largest absolute Gasteiger partial charge is 0.444 e. The Morgan fingerprint density at radius 2 is 1.16 bits per heavy atom. The van der Waals surface area contributed by atoms with E-state index in [1.807, 2.05) is 11.4 Å². The first-order valence-electron chi connectivity index (χ1n) is 17.3. The van der Waals surface area contributed by atoms with Crippen molar-refractivity contribution in [1.82, 2.24) is 20.6 Å². The number of pyridine rings is 2. The van der Waals surface area contributed by atoms with Gasteiger partial charge in [0.25, 0.3) is 17.0 Å². The minimum atomic E-state index is -1.62. The topological polar surface area (TPSA) is 215 Å². The van der Waals surface area contributed by atoms with Crippen LogP contribution in [0.3, 0.4) is 0 Å². The number of ether oxygens (including phenoxy) is 2. The number of alkyl carbamates (subject to hydrolysis) is 2. The lowest BCUT2D eigenvalue weighted by molar-refractivity contribution is -0.131. The van der Waals surface area contributed by atoms with Gasteiger partial charge >= 0.3 is 18.2 Å². The third-order valence-electron chi connectivity index (χ3n) is 7.40. The number of nitrogens with two attached hydrogens (primary N) is 1. The molecular weight excluding hydrogens is 776 g/mol. The maximum atomic E-state index is 12.9. The number of anilines is 2. The lowest BCUT2D eigenvalue weighted by Crippen LogP contribution is -2.40. The molecule has 2 aromatic carbocycles. The van der Waals surface area contributed by atoms with E-state index >= 15 is 0 Å². The Labute approximate surface area is 334 Å². The number of carbonyl (C=O) groups excluding carboxylic acids is 4. The zero-order chi connectivity index (χ0) is 41.9. The lowest BCUT2D eigenvalue weighted by Gasteiger charge is -2.23. The summed E-state index contributed by atoms with van der Waals surface area (Å²) in [5.74, 6) is -0.409. The van der Waals surface area contributed by atoms with Crippen LogP contribution in [0.25, 0.3) is 21.5 Å². The summed E-state index contributed by atoms with van der Waals surface area (Å²) in [4.78, 5) is 75.5. The quantitative estimate of drug-likeness (QED) is 0.0686. The van der Waals surface area contributed by atoms with E-state index < -0.39 is 47.4 Å². The highest BCUT2D eigenvalue weighted by Gasteiger charge is 2.27. The molecule has 0 saturated carbocycles. The van der Waals surface area contributed by atoms with Crippen molar-refractivity contribution < 1.29 is 33.0 Å². The van der Waals surface area contributed by atoms with Crippen molar-refractivity contribution in [3.8, 4) is 0 Å². The average molecular weight is 819 g/mol. The number of aromatic nitrogens is 2. The summed E-state index contributed by atoms with van der Waals surface area (Å²) in [6.07, 6.45) is 1.67. The number of benzene rings is 2. The Morgan fingerprint density at radius 1 is 0.684 bits per heavy atom. The van der Waals surface area contributed by atoms with Crippen LogP contribution in [0.1, 0.15) is 64.8 Å². The molecule has 6 rings (SSSR count). The molecule has 6 aromatic rings. The van der Waals surface area contributed by atoms with E-state index in [9.17, 15) is 33.2 Å². The van der Waals surface area contributed by atoms with Gasteiger partial charge in [0.15, 0.2) is 0 Å². The van der Waals surface area contributed by atoms with E-state index in [1.165, 1.54) is 22.7 Å². The fourth-order valence-electron chi connectivity index (χ4n) is 5.00. The molecule has 0 aliphatic heterocycles. The maximum Gasteiger partial charge on any atom is 0.408 e. The van der Waals surface area contributed by atoms with Crippen LogP contribution in [0.4, 0.5) is 25.4 Å². The molecule has 14 nitrogen and oxygen atoms in total. The van der Waals surface area contributed by atoms with Gasteiger partial charge < -0.3 is 41.1 Å². The molecule has 0 radical (unpaired) electrons. The van der Waals surface area contributed by atoms with Crippen molar-refractivity contribution in [2.75, 3.05) is 11.1 Å². The predicted molar refractivity (Wildman–Crippen MR) is 221 cm³/mol. The molecule has 0 aliphatic rings. The summed E-state index contributed by atoms with van der Waals surface area (Å²) < 4.78 is 23.0. The molecule has 57 heavy (non-hydrogen) atoms. The van der Waals surface area contributed by atoms with Gasteiger partial charge in [-0.3, -0.25) is 19.2 Å². The van der Waals surface area contributed by atoms with Crippen LogP contribution in [0.2, 0.25) is 0 Å². The summed E-state index contributed by atoms with van der Waals surface area (Å²) in [6, 6.07) is 13.3. The van der Waals surface area contributed by atoms with Crippen LogP contribution in [-0.2, 0) is 19.1 Å². The minimum absolute atomic E-state index is 0.0764. The Hall–Kier alpha value is -6.33. The Balaban J connectivity index is 0.000000210. The van der Waals surface area contributed by atoms with Crippen LogP contribution >= 0.6 is 22.7 Å². The van der Waals surface area contributed by atoms with Crippen molar-refractivity contribution >= 4 is 79.7 Å². The summed E-state index contributed by atoms with van der Waals surface area (Å²) in [5.41, 5.74) is 6.19. The molecule has 3 amide bonds. The Bertz CT molecular complexity index is 2440. The standard InChI is InChI=1S/C20H21N3O4S.C11H14FNO3S.C9H8N2O/c1-20(2,3)27-19(26)23-16(13-7-9-28-11-13)18(25)22-14-4-5-15-12(10-14)6-8-21-17(15)24;1-11(2,3)16-10(15)13-8(9(12)14)7-4-5-17-6-7;10-7-1-2-8-6(5-7)3-4-11-9(8)12/h4-11,16H,1-3H3,(H,21,24)(H,22,25)(H,23,26);4-6,8H,1-3H3,(H,13,15);1-5H,10H2,(H,11,12)/t16-;8-;/m11./s1. The fourth-order valence-corrected chi connectivity index (χ4v) is 6.37. The van der Waals surface area contributed by atoms with Crippen molar-refractivity contribution in [2.45, 2.75) is 64.8 Å². The Kier molecular flexibility index (Phi) is 14.5. The lowest BCUT2D eigenvalue weighted by atomic mass is 10.1. The second-order valence-electron chi connectivity index (χ2n) is 14.3. The molecule has 0 saturated heterocycles. The van der Waals surface area contributed by atoms with Gasteiger partial charge in [-0.2, -0.15) is 27.1 Å². The molecule has 0 spiro atoms. The average Bonchev–Trinajstić information content (AvgIpc) is 3.84. The van der Waals surface area contributed by atoms with Crippen LogP contribution in [0.5, 0.6) is 0 Å². The van der Waals surface area contributed by atoms with E-state index in [1.54, 1.807) is 125 Å². The highest BCUT2D eigenvalue weighted by atomic mass is 32.1. The van der Waals surface area contributed by atoms with E-state index in [2.05, 4.69) is 25.9 Å². The third kappa shape index (κ3) is 13.4. The first-order valence-corrected chi connectivity index (χ1v) is 19.2. The number of halogens is 1. The van der Waals surface area contributed by atoms with Crippen molar-refractivity contribution in [2.24, 2.45) is 0 Å². The predicted octanol–water partition coefficient (Wildman–Crippen LogP) is 7.71. The first kappa shape index (κ1) is 43.4. The fraction of sp³-hybridized carbons (Fsp3) is 0.250. The SMILES string of the molecule is CC(C)(C)OC(=O)N[C@@H](C(=O)F)c1ccsc1.CC(C)(C)OC(=O)N[C@@H](C(=O)Nc1ccc2c(=O)[nH]ccc2c1)c1ccsc1.Nc1ccc2c(=O)[nH]ccc2c1. The number of hydrogen-bond donors (Lipinski definition) is 6. The number of rotatable bonds is 7. The van der Waals surface area contributed by atoms with E-state index in [0.717, 1.165) is 5.39 Å². The number of carbonyl (C=O) groups is 4. The van der Waals surface area contributed by atoms with E-state index in [0.29, 0.717) is 38.7 Å². The molecule has 7 N–H and O–H groups in total. The van der Waals surface area contributed by atoms with Gasteiger partial charge in [-0.1, -0.05) is 0 Å². The van der Waals surface area contributed by atoms with E-state index in [4.69, 9.17) is 15.2 Å². The Morgan fingerprint density at radius 3 is 1.63 bits per heavy atom. The highest BCUT2D eigenvalue weighted by Crippen LogP contribution is 2.22. The number of H-pyrrole nitrogens is 2. The summed E-state index contributed by atoms with van der Waals surface area (Å²) in [6.45, 7) is 10.3. The number of amides is 3. The molecule has 0 unspecified atom stereocenters. The number of aromatic amines is 2. The van der Waals surface area contributed by atoms with Gasteiger partial charge in [-0.25, -0.2) is 9.59 Å². The molecule has 2 atom stereocenters. The number of fused-ring (bicyclic) bond motifs is 2. The van der Waals surface area contributed by atoms with E-state index in [-0.39, 0.29) is 11.1 Å². The van der Waals surface area contributed by atoms with Gasteiger partial charge in [0, 0.05) is 34.5 Å². The molecule has 4 heterocycles. The van der Waals surface area contributed by atoms with Crippen molar-refractivity contribution in [3.05, 3.63) is 126 Å². The first-order chi connectivity index (χ1) is 26.8. The normalized spacial score (nSPS) is 12.1.